The van der Waals surface area contributed by atoms with Crippen LogP contribution in [-0.2, 0) is 0 Å². The quantitative estimate of drug-likeness (QED) is 0.615. The van der Waals surface area contributed by atoms with Crippen molar-refractivity contribution in [3.8, 4) is 0 Å². The Morgan fingerprint density at radius 1 is 1.35 bits per heavy atom. The van der Waals surface area contributed by atoms with Gasteiger partial charge < -0.3 is 5.32 Å². The first-order valence-electron chi connectivity index (χ1n) is 5.63. The molecule has 0 aliphatic heterocycles. The Bertz CT molecular complexity index is 416. The van der Waals surface area contributed by atoms with E-state index in [1.807, 2.05) is 18.2 Å². The lowest BCUT2D eigenvalue weighted by Crippen LogP contribution is -2.19. The molecule has 1 nitrogen and oxygen atoms in total. The fraction of sp³-hybridized carbons (Fsp3) is 0.385. The fourth-order valence-electron chi connectivity index (χ4n) is 1.38. The van der Waals surface area contributed by atoms with Gasteiger partial charge in [-0.1, -0.05) is 35.4 Å². The summed E-state index contributed by atoms with van der Waals surface area (Å²) in [5.74, 6) is 0.914. The van der Waals surface area contributed by atoms with Crippen molar-refractivity contribution in [1.82, 2.24) is 5.32 Å². The third kappa shape index (κ3) is 4.55. The third-order valence-electron chi connectivity index (χ3n) is 2.55. The molecule has 92 valence electrons. The number of nitrogens with one attached hydrogen (secondary N) is 1. The lowest BCUT2D eigenvalue weighted by atomic mass is 10.3. The maximum Gasteiger partial charge on any atom is 0.0603 e. The maximum absolute atomic E-state index is 5.96. The van der Waals surface area contributed by atoms with Crippen LogP contribution >= 0.6 is 35.0 Å². The summed E-state index contributed by atoms with van der Waals surface area (Å²) in [4.78, 5) is 1.13. The Hall–Kier alpha value is -0.150. The van der Waals surface area contributed by atoms with Gasteiger partial charge in [0.15, 0.2) is 0 Å². The minimum absolute atomic E-state index is 0.602. The lowest BCUT2D eigenvalue weighted by Gasteiger charge is -2.07. The van der Waals surface area contributed by atoms with Crippen molar-refractivity contribution in [3.63, 3.8) is 0 Å². The number of hydrogen-bond donors (Lipinski definition) is 1. The van der Waals surface area contributed by atoms with E-state index in [1.54, 1.807) is 11.8 Å². The fourth-order valence-corrected chi connectivity index (χ4v) is 2.58. The third-order valence-corrected chi connectivity index (χ3v) is 4.43. The summed E-state index contributed by atoms with van der Waals surface area (Å²) in [5.41, 5.74) is 1.22. The highest BCUT2D eigenvalue weighted by atomic mass is 35.5. The summed E-state index contributed by atoms with van der Waals surface area (Å²) in [7, 11) is 0. The summed E-state index contributed by atoms with van der Waals surface area (Å²) >= 11 is 13.6. The Balaban J connectivity index is 1.75. The van der Waals surface area contributed by atoms with Gasteiger partial charge in [-0.15, -0.1) is 11.8 Å². The molecular weight excluding hydrogens is 273 g/mol. The highest BCUT2D eigenvalue weighted by Gasteiger charge is 2.19. The minimum atomic E-state index is 0.602. The smallest absolute Gasteiger partial charge is 0.0603 e. The first kappa shape index (κ1) is 13.3. The van der Waals surface area contributed by atoms with Crippen molar-refractivity contribution in [2.75, 3.05) is 12.3 Å². The molecule has 0 amide bonds. The summed E-state index contributed by atoms with van der Waals surface area (Å²) in [6, 6.07) is 6.45. The van der Waals surface area contributed by atoms with Gasteiger partial charge in [0.25, 0.3) is 0 Å². The molecule has 1 fully saturated rings. The zero-order valence-corrected chi connectivity index (χ0v) is 11.8. The number of rotatable bonds is 6. The number of halogens is 2. The maximum atomic E-state index is 5.96. The van der Waals surface area contributed by atoms with E-state index >= 15 is 0 Å². The van der Waals surface area contributed by atoms with Crippen LogP contribution < -0.4 is 5.32 Å². The van der Waals surface area contributed by atoms with Gasteiger partial charge in [0.05, 0.1) is 10.0 Å². The Kier molecular flexibility index (Phi) is 4.80. The van der Waals surface area contributed by atoms with Crippen molar-refractivity contribution in [3.05, 3.63) is 40.4 Å². The van der Waals surface area contributed by atoms with Gasteiger partial charge in [0.2, 0.25) is 0 Å². The second-order valence-corrected chi connectivity index (χ2v) is 6.13. The Morgan fingerprint density at radius 3 is 2.76 bits per heavy atom. The molecular formula is C13H15Cl2NS. The predicted molar refractivity (Wildman–Crippen MR) is 77.4 cm³/mol. The molecule has 1 saturated carbocycles. The number of thioether (sulfide) groups is 1. The highest BCUT2D eigenvalue weighted by molar-refractivity contribution is 7.99. The molecule has 0 bridgehead atoms. The highest BCUT2D eigenvalue weighted by Crippen LogP contribution is 2.28. The molecule has 0 aromatic heterocycles. The molecule has 0 atom stereocenters. The second kappa shape index (κ2) is 6.14. The molecule has 4 heteroatoms. The summed E-state index contributed by atoms with van der Waals surface area (Å²) < 4.78 is 0. The Labute approximate surface area is 117 Å². The van der Waals surface area contributed by atoms with Crippen molar-refractivity contribution in [1.29, 1.82) is 0 Å². The van der Waals surface area contributed by atoms with Crippen molar-refractivity contribution in [2.24, 2.45) is 0 Å². The molecule has 0 heterocycles. The molecule has 1 aliphatic rings. The van der Waals surface area contributed by atoms with Crippen LogP contribution in [0, 0.1) is 0 Å². The van der Waals surface area contributed by atoms with Gasteiger partial charge in [-0.2, -0.15) is 0 Å². The van der Waals surface area contributed by atoms with Crippen LogP contribution in [0.25, 0.3) is 0 Å². The van der Waals surface area contributed by atoms with Crippen molar-refractivity contribution in [2.45, 2.75) is 23.8 Å². The molecule has 17 heavy (non-hydrogen) atoms. The van der Waals surface area contributed by atoms with Gasteiger partial charge in [-0.3, -0.25) is 0 Å². The van der Waals surface area contributed by atoms with E-state index in [9.17, 15) is 0 Å². The van der Waals surface area contributed by atoms with E-state index in [2.05, 4.69) is 11.9 Å². The van der Waals surface area contributed by atoms with Crippen LogP contribution in [0.5, 0.6) is 0 Å². The van der Waals surface area contributed by atoms with E-state index < -0.39 is 0 Å². The molecule has 0 spiro atoms. The number of hydrogen-bond acceptors (Lipinski definition) is 2. The molecule has 0 radical (unpaired) electrons. The van der Waals surface area contributed by atoms with Crippen LogP contribution in [0.15, 0.2) is 35.2 Å². The lowest BCUT2D eigenvalue weighted by molar-refractivity contribution is 0.736. The standard InChI is InChI=1S/C13H15Cl2NS/c1-9(7-16-10-2-3-10)8-17-11-4-5-12(14)13(15)6-11/h4-6,10,16H,1-3,7-8H2. The first-order valence-corrected chi connectivity index (χ1v) is 7.37. The van der Waals surface area contributed by atoms with Crippen LogP contribution in [0.4, 0.5) is 0 Å². The van der Waals surface area contributed by atoms with Crippen molar-refractivity contribution < 1.29 is 0 Å². The summed E-state index contributed by atoms with van der Waals surface area (Å²) in [6.07, 6.45) is 2.63. The average molecular weight is 288 g/mol. The molecule has 1 aliphatic carbocycles. The van der Waals surface area contributed by atoms with Crippen molar-refractivity contribution >= 4 is 35.0 Å². The summed E-state index contributed by atoms with van der Waals surface area (Å²) in [6.45, 7) is 4.98. The molecule has 0 saturated heterocycles. The average Bonchev–Trinajstić information content (AvgIpc) is 3.12. The molecule has 1 N–H and O–H groups in total. The Morgan fingerprint density at radius 2 is 2.12 bits per heavy atom. The molecule has 1 aromatic carbocycles. The topological polar surface area (TPSA) is 12.0 Å². The van der Waals surface area contributed by atoms with Crippen LogP contribution in [0.1, 0.15) is 12.8 Å². The van der Waals surface area contributed by atoms with Crippen LogP contribution in [-0.4, -0.2) is 18.3 Å². The first-order chi connectivity index (χ1) is 8.15. The molecule has 0 unspecified atom stereocenters. The number of benzene rings is 1. The van der Waals surface area contributed by atoms with E-state index in [0.29, 0.717) is 10.0 Å². The van der Waals surface area contributed by atoms with Gasteiger partial charge >= 0.3 is 0 Å². The van der Waals surface area contributed by atoms with E-state index in [0.717, 1.165) is 23.2 Å². The largest absolute Gasteiger partial charge is 0.310 e. The monoisotopic (exact) mass is 287 g/mol. The van der Waals surface area contributed by atoms with Crippen LogP contribution in [0.2, 0.25) is 10.0 Å². The SMILES string of the molecule is C=C(CNC1CC1)CSc1ccc(Cl)c(Cl)c1. The van der Waals surface area contributed by atoms with E-state index in [1.165, 1.54) is 18.4 Å². The van der Waals surface area contributed by atoms with Gasteiger partial charge in [0, 0.05) is 23.2 Å². The molecule has 2 rings (SSSR count). The van der Waals surface area contributed by atoms with Gasteiger partial charge in [0.1, 0.15) is 0 Å². The van der Waals surface area contributed by atoms with Gasteiger partial charge in [-0.05, 0) is 31.0 Å². The minimum Gasteiger partial charge on any atom is -0.310 e. The van der Waals surface area contributed by atoms with Gasteiger partial charge in [-0.25, -0.2) is 0 Å². The zero-order valence-electron chi connectivity index (χ0n) is 9.51. The second-order valence-electron chi connectivity index (χ2n) is 4.27. The van der Waals surface area contributed by atoms with E-state index in [4.69, 9.17) is 23.2 Å². The van der Waals surface area contributed by atoms with Crippen LogP contribution in [0.3, 0.4) is 0 Å². The molecule has 1 aromatic rings. The normalized spacial score (nSPS) is 14.9. The van der Waals surface area contributed by atoms with E-state index in [-0.39, 0.29) is 0 Å². The zero-order chi connectivity index (χ0) is 12.3. The predicted octanol–water partition coefficient (Wildman–Crippen LogP) is 4.39. The summed E-state index contributed by atoms with van der Waals surface area (Å²) in [5, 5.41) is 4.66.